The quantitative estimate of drug-likeness (QED) is 0.800. The lowest BCUT2D eigenvalue weighted by molar-refractivity contribution is 0.0706. The Labute approximate surface area is 128 Å². The van der Waals surface area contributed by atoms with E-state index in [-0.39, 0.29) is 18.3 Å². The van der Waals surface area contributed by atoms with E-state index >= 15 is 0 Å². The van der Waals surface area contributed by atoms with Gasteiger partial charge in [0, 0.05) is 22.7 Å². The van der Waals surface area contributed by atoms with Crippen LogP contribution in [0.1, 0.15) is 23.2 Å². The number of hydrogen-bond acceptors (Lipinski definition) is 2. The highest BCUT2D eigenvalue weighted by molar-refractivity contribution is 14.1. The fourth-order valence-electron chi connectivity index (χ4n) is 2.18. The summed E-state index contributed by atoms with van der Waals surface area (Å²) >= 11 is 2.22. The summed E-state index contributed by atoms with van der Waals surface area (Å²) in [5.74, 6) is 0.171. The summed E-state index contributed by atoms with van der Waals surface area (Å²) in [4.78, 5) is 14.3. The van der Waals surface area contributed by atoms with Gasteiger partial charge in [-0.3, -0.25) is 4.79 Å². The monoisotopic (exact) mass is 380 g/mol. The molecule has 100 valence electrons. The van der Waals surface area contributed by atoms with Crippen molar-refractivity contribution in [2.24, 2.45) is 0 Å². The van der Waals surface area contributed by atoms with Crippen molar-refractivity contribution in [3.63, 3.8) is 0 Å². The average molecular weight is 381 g/mol. The van der Waals surface area contributed by atoms with Crippen LogP contribution in [0.3, 0.4) is 0 Å². The van der Waals surface area contributed by atoms with Gasteiger partial charge in [-0.25, -0.2) is 0 Å². The van der Waals surface area contributed by atoms with Crippen LogP contribution in [0.2, 0.25) is 0 Å². The van der Waals surface area contributed by atoms with Gasteiger partial charge in [0.15, 0.2) is 0 Å². The van der Waals surface area contributed by atoms with Crippen molar-refractivity contribution in [3.8, 4) is 0 Å². The summed E-state index contributed by atoms with van der Waals surface area (Å²) < 4.78 is 1.03. The third-order valence-electron chi connectivity index (χ3n) is 3.29. The SMILES string of the molecule is CNC1CCN(C(=O)c2ccccc2I)CC1.Cl. The first-order valence-corrected chi connectivity index (χ1v) is 7.01. The molecule has 1 amide bonds. The zero-order chi connectivity index (χ0) is 12.3. The number of carbonyl (C=O) groups excluding carboxylic acids is 1. The Morgan fingerprint density at radius 1 is 1.33 bits per heavy atom. The summed E-state index contributed by atoms with van der Waals surface area (Å²) in [6, 6.07) is 8.35. The largest absolute Gasteiger partial charge is 0.338 e. The highest BCUT2D eigenvalue weighted by Gasteiger charge is 2.23. The first kappa shape index (κ1) is 15.7. The van der Waals surface area contributed by atoms with Crippen molar-refractivity contribution in [1.29, 1.82) is 0 Å². The molecular weight excluding hydrogens is 363 g/mol. The normalized spacial score (nSPS) is 16.2. The molecule has 0 spiro atoms. The molecule has 1 aliphatic rings. The van der Waals surface area contributed by atoms with E-state index in [1.807, 2.05) is 36.2 Å². The van der Waals surface area contributed by atoms with Gasteiger partial charge in [-0.15, -0.1) is 12.4 Å². The van der Waals surface area contributed by atoms with Crippen LogP contribution >= 0.6 is 35.0 Å². The summed E-state index contributed by atoms with van der Waals surface area (Å²) in [5.41, 5.74) is 0.830. The zero-order valence-electron chi connectivity index (χ0n) is 10.4. The Hall–Kier alpha value is -0.330. The average Bonchev–Trinajstić information content (AvgIpc) is 2.39. The van der Waals surface area contributed by atoms with E-state index in [0.29, 0.717) is 6.04 Å². The Morgan fingerprint density at radius 3 is 2.50 bits per heavy atom. The lowest BCUT2D eigenvalue weighted by atomic mass is 10.0. The molecule has 0 aromatic heterocycles. The van der Waals surface area contributed by atoms with E-state index in [9.17, 15) is 4.79 Å². The molecular formula is C13H18ClIN2O. The third kappa shape index (κ3) is 3.59. The molecule has 1 heterocycles. The number of piperidine rings is 1. The van der Waals surface area contributed by atoms with Crippen molar-refractivity contribution in [2.45, 2.75) is 18.9 Å². The molecule has 1 fully saturated rings. The highest BCUT2D eigenvalue weighted by atomic mass is 127. The van der Waals surface area contributed by atoms with E-state index < -0.39 is 0 Å². The number of amides is 1. The van der Waals surface area contributed by atoms with Crippen LogP contribution in [0.4, 0.5) is 0 Å². The molecule has 0 radical (unpaired) electrons. The van der Waals surface area contributed by atoms with Crippen LogP contribution in [0, 0.1) is 3.57 Å². The topological polar surface area (TPSA) is 32.3 Å². The molecule has 5 heteroatoms. The van der Waals surface area contributed by atoms with Crippen LogP contribution in [0.15, 0.2) is 24.3 Å². The van der Waals surface area contributed by atoms with Crippen molar-refractivity contribution >= 4 is 40.9 Å². The third-order valence-corrected chi connectivity index (χ3v) is 4.24. The molecule has 2 rings (SSSR count). The zero-order valence-corrected chi connectivity index (χ0v) is 13.3. The van der Waals surface area contributed by atoms with Crippen LogP contribution in [-0.2, 0) is 0 Å². The standard InChI is InChI=1S/C13H17IN2O.ClH/c1-15-10-6-8-16(9-7-10)13(17)11-4-2-3-5-12(11)14;/h2-5,10,15H,6-9H2,1H3;1H. The van der Waals surface area contributed by atoms with Gasteiger partial charge in [0.2, 0.25) is 0 Å². The second kappa shape index (κ2) is 7.31. The minimum Gasteiger partial charge on any atom is -0.338 e. The van der Waals surface area contributed by atoms with Crippen LogP contribution in [0.5, 0.6) is 0 Å². The maximum atomic E-state index is 12.3. The number of nitrogens with one attached hydrogen (secondary N) is 1. The van der Waals surface area contributed by atoms with Crippen LogP contribution in [-0.4, -0.2) is 37.0 Å². The molecule has 0 aliphatic carbocycles. The molecule has 1 aliphatic heterocycles. The number of likely N-dealkylation sites (tertiary alicyclic amines) is 1. The van der Waals surface area contributed by atoms with Gasteiger partial charge < -0.3 is 10.2 Å². The second-order valence-corrected chi connectivity index (χ2v) is 5.50. The van der Waals surface area contributed by atoms with Crippen molar-refractivity contribution in [1.82, 2.24) is 10.2 Å². The first-order valence-electron chi connectivity index (χ1n) is 5.93. The highest BCUT2D eigenvalue weighted by Crippen LogP contribution is 2.17. The molecule has 1 N–H and O–H groups in total. The molecule has 3 nitrogen and oxygen atoms in total. The van der Waals surface area contributed by atoms with Crippen LogP contribution in [0.25, 0.3) is 0 Å². The second-order valence-electron chi connectivity index (χ2n) is 4.33. The van der Waals surface area contributed by atoms with Gasteiger partial charge in [-0.05, 0) is 54.6 Å². The fourth-order valence-corrected chi connectivity index (χ4v) is 2.79. The predicted molar refractivity (Wildman–Crippen MR) is 84.4 cm³/mol. The van der Waals surface area contributed by atoms with Gasteiger partial charge in [0.05, 0.1) is 5.56 Å². The van der Waals surface area contributed by atoms with Crippen molar-refractivity contribution in [3.05, 3.63) is 33.4 Å². The number of benzene rings is 1. The summed E-state index contributed by atoms with van der Waals surface area (Å²) in [5, 5.41) is 3.28. The summed E-state index contributed by atoms with van der Waals surface area (Å²) in [7, 11) is 1.99. The van der Waals surface area contributed by atoms with Crippen molar-refractivity contribution in [2.75, 3.05) is 20.1 Å². The number of halogens is 2. The lowest BCUT2D eigenvalue weighted by Gasteiger charge is -2.32. The van der Waals surface area contributed by atoms with Gasteiger partial charge in [0.25, 0.3) is 5.91 Å². The number of nitrogens with zero attached hydrogens (tertiary/aromatic N) is 1. The predicted octanol–water partition coefficient (Wildman–Crippen LogP) is 2.54. The lowest BCUT2D eigenvalue weighted by Crippen LogP contribution is -2.44. The number of rotatable bonds is 2. The van der Waals surface area contributed by atoms with Gasteiger partial charge in [-0.1, -0.05) is 12.1 Å². The first-order chi connectivity index (χ1) is 8.22. The van der Waals surface area contributed by atoms with Crippen LogP contribution < -0.4 is 5.32 Å². The van der Waals surface area contributed by atoms with E-state index in [4.69, 9.17) is 0 Å². The molecule has 0 unspecified atom stereocenters. The molecule has 0 atom stereocenters. The minimum atomic E-state index is 0. The summed E-state index contributed by atoms with van der Waals surface area (Å²) in [6.07, 6.45) is 2.09. The van der Waals surface area contributed by atoms with E-state index in [2.05, 4.69) is 27.9 Å². The number of carbonyl (C=O) groups is 1. The fraction of sp³-hybridized carbons (Fsp3) is 0.462. The Bertz CT molecular complexity index is 406. The summed E-state index contributed by atoms with van der Waals surface area (Å²) in [6.45, 7) is 1.71. The van der Waals surface area contributed by atoms with Gasteiger partial charge in [-0.2, -0.15) is 0 Å². The maximum absolute atomic E-state index is 12.3. The van der Waals surface area contributed by atoms with Crippen molar-refractivity contribution < 1.29 is 4.79 Å². The molecule has 1 saturated heterocycles. The Kier molecular flexibility index (Phi) is 6.38. The van der Waals surface area contributed by atoms with E-state index in [0.717, 1.165) is 35.1 Å². The van der Waals surface area contributed by atoms with Gasteiger partial charge in [0.1, 0.15) is 0 Å². The van der Waals surface area contributed by atoms with E-state index in [1.165, 1.54) is 0 Å². The van der Waals surface area contributed by atoms with E-state index in [1.54, 1.807) is 0 Å². The van der Waals surface area contributed by atoms with Gasteiger partial charge >= 0.3 is 0 Å². The molecule has 1 aromatic rings. The number of hydrogen-bond donors (Lipinski definition) is 1. The maximum Gasteiger partial charge on any atom is 0.254 e. The minimum absolute atomic E-state index is 0. The Balaban J connectivity index is 0.00000162. The Morgan fingerprint density at radius 2 is 1.94 bits per heavy atom. The molecule has 0 saturated carbocycles. The molecule has 1 aromatic carbocycles. The molecule has 0 bridgehead atoms. The smallest absolute Gasteiger partial charge is 0.254 e. The molecule has 18 heavy (non-hydrogen) atoms.